The molecule has 0 spiro atoms. The summed E-state index contributed by atoms with van der Waals surface area (Å²) in [6.45, 7) is 2.54. The van der Waals surface area contributed by atoms with Gasteiger partial charge in [-0.15, -0.1) is 11.3 Å². The van der Waals surface area contributed by atoms with Crippen LogP contribution in [0.15, 0.2) is 46.0 Å². The Balaban J connectivity index is 1.29. The van der Waals surface area contributed by atoms with Gasteiger partial charge in [-0.25, -0.2) is 4.98 Å². The number of anilines is 2. The number of aryl methyl sites for hydroxylation is 1. The highest BCUT2D eigenvalue weighted by molar-refractivity contribution is 8.02. The molecule has 1 aliphatic rings. The van der Waals surface area contributed by atoms with Crippen LogP contribution >= 0.6 is 34.6 Å². The summed E-state index contributed by atoms with van der Waals surface area (Å²) >= 11 is 4.74. The normalized spacial score (nSPS) is 13.8. The summed E-state index contributed by atoms with van der Waals surface area (Å²) in [5.41, 5.74) is 3.33. The van der Waals surface area contributed by atoms with Gasteiger partial charge in [0.15, 0.2) is 10.8 Å². The first-order chi connectivity index (χ1) is 14.2. The predicted molar refractivity (Wildman–Crippen MR) is 120 cm³/mol. The van der Waals surface area contributed by atoms with Crippen molar-refractivity contribution in [3.05, 3.63) is 53.2 Å². The topological polar surface area (TPSA) is 83.9 Å². The highest BCUT2D eigenvalue weighted by Gasteiger charge is 2.17. The molecule has 0 saturated heterocycles. The van der Waals surface area contributed by atoms with Gasteiger partial charge >= 0.3 is 0 Å². The van der Waals surface area contributed by atoms with E-state index in [0.717, 1.165) is 47.7 Å². The van der Waals surface area contributed by atoms with E-state index in [2.05, 4.69) is 36.9 Å². The van der Waals surface area contributed by atoms with Crippen molar-refractivity contribution in [1.82, 2.24) is 20.1 Å². The van der Waals surface area contributed by atoms with Gasteiger partial charge in [-0.3, -0.25) is 14.8 Å². The number of hydrogen-bond acceptors (Lipinski definition) is 8. The zero-order chi connectivity index (χ0) is 19.6. The third-order valence-electron chi connectivity index (χ3n) is 4.50. The van der Waals surface area contributed by atoms with Gasteiger partial charge < -0.3 is 10.0 Å². The van der Waals surface area contributed by atoms with Crippen molar-refractivity contribution in [3.63, 3.8) is 0 Å². The Morgan fingerprint density at radius 3 is 3.14 bits per heavy atom. The molecule has 3 aromatic heterocycles. The molecule has 0 radical (unpaired) electrons. The lowest BCUT2D eigenvalue weighted by Gasteiger charge is -2.02. The monoisotopic (exact) mass is 442 g/mol. The van der Waals surface area contributed by atoms with Crippen LogP contribution in [0.2, 0.25) is 0 Å². The van der Waals surface area contributed by atoms with E-state index in [1.807, 2.05) is 35.0 Å². The first kappa shape index (κ1) is 18.6. The Morgan fingerprint density at radius 2 is 2.24 bits per heavy atom. The van der Waals surface area contributed by atoms with Gasteiger partial charge in [0.2, 0.25) is 0 Å². The number of thiophene rings is 1. The molecule has 1 aromatic carbocycles. The zero-order valence-corrected chi connectivity index (χ0v) is 17.8. The average Bonchev–Trinajstić information content (AvgIpc) is 3.43. The lowest BCUT2D eigenvalue weighted by atomic mass is 10.3. The minimum Gasteiger partial charge on any atom is -0.325 e. The van der Waals surface area contributed by atoms with Crippen molar-refractivity contribution >= 4 is 61.6 Å². The van der Waals surface area contributed by atoms with E-state index in [-0.39, 0.29) is 5.91 Å². The summed E-state index contributed by atoms with van der Waals surface area (Å²) < 4.78 is 7.48. The van der Waals surface area contributed by atoms with Gasteiger partial charge in [0, 0.05) is 18.8 Å². The SMILES string of the molecule is O=C(Nc1nc2ccc(NSc3cccs3)cc2s1)c1cc2n(n1)CCCNC2. The maximum absolute atomic E-state index is 12.6. The van der Waals surface area contributed by atoms with Gasteiger partial charge in [-0.1, -0.05) is 17.4 Å². The van der Waals surface area contributed by atoms with Gasteiger partial charge in [-0.2, -0.15) is 5.10 Å². The number of aromatic nitrogens is 3. The highest BCUT2D eigenvalue weighted by Crippen LogP contribution is 2.31. The van der Waals surface area contributed by atoms with Gasteiger partial charge in [-0.05, 0) is 60.6 Å². The lowest BCUT2D eigenvalue weighted by Crippen LogP contribution is -2.14. The van der Waals surface area contributed by atoms with Crippen LogP contribution in [-0.4, -0.2) is 27.2 Å². The summed E-state index contributed by atoms with van der Waals surface area (Å²) in [6, 6.07) is 12.0. The van der Waals surface area contributed by atoms with Crippen molar-refractivity contribution in [1.29, 1.82) is 0 Å². The summed E-state index contributed by atoms with van der Waals surface area (Å²) in [5, 5.41) is 13.3. The second-order valence-corrected chi connectivity index (χ2v) is 9.65. The molecule has 5 rings (SSSR count). The molecule has 29 heavy (non-hydrogen) atoms. The predicted octanol–water partition coefficient (Wildman–Crippen LogP) is 4.42. The molecular weight excluding hydrogens is 424 g/mol. The molecular formula is C19H18N6OS3. The van der Waals surface area contributed by atoms with Gasteiger partial charge in [0.05, 0.1) is 20.1 Å². The molecule has 4 heterocycles. The number of benzene rings is 1. The molecule has 0 saturated carbocycles. The van der Waals surface area contributed by atoms with Crippen molar-refractivity contribution in [3.8, 4) is 0 Å². The third-order valence-corrected chi connectivity index (χ3v) is 7.31. The van der Waals surface area contributed by atoms with Crippen LogP contribution in [0, 0.1) is 0 Å². The Bertz CT molecular complexity index is 1130. The average molecular weight is 443 g/mol. The summed E-state index contributed by atoms with van der Waals surface area (Å²) in [5.74, 6) is -0.226. The van der Waals surface area contributed by atoms with Crippen LogP contribution < -0.4 is 15.4 Å². The Kier molecular flexibility index (Phi) is 5.23. The molecule has 0 unspecified atom stereocenters. The molecule has 1 aliphatic heterocycles. The first-order valence-electron chi connectivity index (χ1n) is 9.20. The molecule has 0 fully saturated rings. The van der Waals surface area contributed by atoms with E-state index in [4.69, 9.17) is 0 Å². The third kappa shape index (κ3) is 4.15. The van der Waals surface area contributed by atoms with Crippen LogP contribution in [0.5, 0.6) is 0 Å². The molecule has 148 valence electrons. The Hall–Kier alpha value is -2.40. The fourth-order valence-corrected chi connectivity index (χ4v) is 5.43. The number of amides is 1. The van der Waals surface area contributed by atoms with E-state index >= 15 is 0 Å². The zero-order valence-electron chi connectivity index (χ0n) is 15.3. The maximum atomic E-state index is 12.6. The van der Waals surface area contributed by atoms with Crippen LogP contribution in [-0.2, 0) is 13.1 Å². The molecule has 10 heteroatoms. The largest absolute Gasteiger partial charge is 0.325 e. The van der Waals surface area contributed by atoms with E-state index in [9.17, 15) is 4.79 Å². The summed E-state index contributed by atoms with van der Waals surface area (Å²) in [4.78, 5) is 17.2. The van der Waals surface area contributed by atoms with Crippen LogP contribution in [0.4, 0.5) is 10.8 Å². The molecule has 1 amide bonds. The first-order valence-corrected chi connectivity index (χ1v) is 11.7. The standard InChI is InChI=1S/C19H18N6OS3/c26-18(15-10-13-11-20-6-2-7-25(13)23-15)22-19-21-14-5-4-12(9-16(14)28-19)24-29-17-3-1-8-27-17/h1,3-5,8-10,20,24H,2,6-7,11H2,(H,21,22,26). The second kappa shape index (κ2) is 8.15. The summed E-state index contributed by atoms with van der Waals surface area (Å²) in [7, 11) is 0. The van der Waals surface area contributed by atoms with Crippen LogP contribution in [0.3, 0.4) is 0 Å². The number of carbonyl (C=O) groups is 1. The van der Waals surface area contributed by atoms with E-state index in [1.54, 1.807) is 23.3 Å². The number of rotatable bonds is 5. The Morgan fingerprint density at radius 1 is 1.28 bits per heavy atom. The van der Waals surface area contributed by atoms with E-state index in [0.29, 0.717) is 10.8 Å². The maximum Gasteiger partial charge on any atom is 0.277 e. The van der Waals surface area contributed by atoms with Gasteiger partial charge in [0.1, 0.15) is 0 Å². The molecule has 0 atom stereocenters. The van der Waals surface area contributed by atoms with Crippen molar-refractivity contribution < 1.29 is 4.79 Å². The van der Waals surface area contributed by atoms with Crippen molar-refractivity contribution in [2.24, 2.45) is 0 Å². The quantitative estimate of drug-likeness (QED) is 0.397. The number of thiazole rings is 1. The molecule has 0 bridgehead atoms. The fourth-order valence-electron chi connectivity index (χ4n) is 3.11. The molecule has 7 nitrogen and oxygen atoms in total. The van der Waals surface area contributed by atoms with Crippen LogP contribution in [0.25, 0.3) is 10.2 Å². The number of nitrogens with one attached hydrogen (secondary N) is 3. The van der Waals surface area contributed by atoms with E-state index in [1.165, 1.54) is 15.5 Å². The molecule has 3 N–H and O–H groups in total. The second-order valence-electron chi connectivity index (χ2n) is 6.57. The van der Waals surface area contributed by atoms with Crippen LogP contribution in [0.1, 0.15) is 22.6 Å². The lowest BCUT2D eigenvalue weighted by molar-refractivity contribution is 0.102. The minimum absolute atomic E-state index is 0.226. The smallest absolute Gasteiger partial charge is 0.277 e. The fraction of sp³-hybridized carbons (Fsp3) is 0.211. The van der Waals surface area contributed by atoms with Crippen molar-refractivity contribution in [2.75, 3.05) is 16.6 Å². The minimum atomic E-state index is -0.226. The highest BCUT2D eigenvalue weighted by atomic mass is 32.2. The number of carbonyl (C=O) groups excluding carboxylic acids is 1. The Labute approximate surface area is 179 Å². The van der Waals surface area contributed by atoms with E-state index < -0.39 is 0 Å². The molecule has 0 aliphatic carbocycles. The summed E-state index contributed by atoms with van der Waals surface area (Å²) in [6.07, 6.45) is 1.01. The number of nitrogens with zero attached hydrogens (tertiary/aromatic N) is 3. The number of hydrogen-bond donors (Lipinski definition) is 3. The molecule has 4 aromatic rings. The van der Waals surface area contributed by atoms with Crippen molar-refractivity contribution in [2.45, 2.75) is 23.7 Å². The van der Waals surface area contributed by atoms with Gasteiger partial charge in [0.25, 0.3) is 5.91 Å². The number of fused-ring (bicyclic) bond motifs is 2.